The normalized spacial score (nSPS) is 11.4. The third-order valence-electron chi connectivity index (χ3n) is 4.38. The van der Waals surface area contributed by atoms with Gasteiger partial charge in [-0.1, -0.05) is 24.3 Å². The van der Waals surface area contributed by atoms with Crippen LogP contribution in [0, 0.1) is 13.8 Å². The highest BCUT2D eigenvalue weighted by Gasteiger charge is 2.18. The maximum atomic E-state index is 12.7. The summed E-state index contributed by atoms with van der Waals surface area (Å²) in [5.41, 5.74) is 4.75. The second-order valence-corrected chi connectivity index (χ2v) is 6.71. The van der Waals surface area contributed by atoms with Crippen LogP contribution < -0.4 is 5.32 Å². The third-order valence-corrected chi connectivity index (χ3v) is 4.38. The highest BCUT2D eigenvalue weighted by atomic mass is 16.3. The van der Waals surface area contributed by atoms with Crippen molar-refractivity contribution in [2.75, 3.05) is 27.2 Å². The van der Waals surface area contributed by atoms with E-state index in [1.807, 2.05) is 54.8 Å². The molecule has 0 saturated carbocycles. The Morgan fingerprint density at radius 3 is 2.68 bits per heavy atom. The zero-order valence-corrected chi connectivity index (χ0v) is 15.3. The number of aromatic nitrogens is 1. The van der Waals surface area contributed by atoms with Gasteiger partial charge in [0.25, 0.3) is 5.91 Å². The van der Waals surface area contributed by atoms with Crippen molar-refractivity contribution in [3.05, 3.63) is 59.0 Å². The maximum absolute atomic E-state index is 12.7. The average Bonchev–Trinajstić information content (AvgIpc) is 3.06. The van der Waals surface area contributed by atoms with Crippen LogP contribution in [0.4, 0.5) is 0 Å². The molecule has 132 valence electrons. The van der Waals surface area contributed by atoms with Gasteiger partial charge in [-0.05, 0) is 39.1 Å². The number of nitrogens with one attached hydrogen (secondary N) is 1. The van der Waals surface area contributed by atoms with Gasteiger partial charge in [0, 0.05) is 31.8 Å². The molecule has 2 aromatic heterocycles. The van der Waals surface area contributed by atoms with Crippen LogP contribution in [0.3, 0.4) is 0 Å². The molecule has 0 fully saturated rings. The fourth-order valence-corrected chi connectivity index (χ4v) is 2.96. The molecule has 0 aliphatic heterocycles. The van der Waals surface area contributed by atoms with E-state index in [9.17, 15) is 4.79 Å². The lowest BCUT2D eigenvalue weighted by Gasteiger charge is -2.13. The number of carbonyl (C=O) groups excluding carboxylic acids is 1. The molecule has 0 aliphatic rings. The number of likely N-dealkylation sites (N-methyl/N-ethyl adjacent to an activating group) is 1. The molecule has 1 amide bonds. The first-order valence-electron chi connectivity index (χ1n) is 8.53. The van der Waals surface area contributed by atoms with Gasteiger partial charge in [0.05, 0.1) is 5.52 Å². The first-order valence-corrected chi connectivity index (χ1v) is 8.53. The van der Waals surface area contributed by atoms with Crippen molar-refractivity contribution in [1.29, 1.82) is 0 Å². The van der Waals surface area contributed by atoms with Crippen LogP contribution in [0.15, 0.2) is 40.8 Å². The van der Waals surface area contributed by atoms with Crippen molar-refractivity contribution < 1.29 is 9.21 Å². The Balaban J connectivity index is 1.93. The number of hydrogen-bond acceptors (Lipinski definition) is 3. The van der Waals surface area contributed by atoms with Crippen LogP contribution in [0.2, 0.25) is 0 Å². The van der Waals surface area contributed by atoms with Gasteiger partial charge in [-0.2, -0.15) is 0 Å². The van der Waals surface area contributed by atoms with Crippen LogP contribution in [0.25, 0.3) is 11.1 Å². The van der Waals surface area contributed by atoms with Crippen LogP contribution in [-0.2, 0) is 6.54 Å². The number of hydrogen-bond donors (Lipinski definition) is 1. The number of amides is 1. The predicted molar refractivity (Wildman–Crippen MR) is 100 cm³/mol. The van der Waals surface area contributed by atoms with Crippen LogP contribution >= 0.6 is 0 Å². The lowest BCUT2D eigenvalue weighted by Crippen LogP contribution is -2.32. The highest BCUT2D eigenvalue weighted by molar-refractivity contribution is 5.97. The minimum absolute atomic E-state index is 0.0699. The molecule has 25 heavy (non-hydrogen) atoms. The largest absolute Gasteiger partial charge is 0.460 e. The molecule has 0 saturated heterocycles. The van der Waals surface area contributed by atoms with Crippen molar-refractivity contribution in [3.63, 3.8) is 0 Å². The fraction of sp³-hybridized carbons (Fsp3) is 0.350. The standard InChI is InChI=1S/C20H25N3O2/c1-14-7-5-6-8-16(14)13-23-17-11-15(2)25-19(17)12-18(23)20(24)21-9-10-22(3)4/h5-8,11-12H,9-10,13H2,1-4H3,(H,21,24). The fourth-order valence-electron chi connectivity index (χ4n) is 2.96. The Hall–Kier alpha value is -2.53. The minimum atomic E-state index is -0.0699. The molecule has 1 N–H and O–H groups in total. The topological polar surface area (TPSA) is 50.4 Å². The lowest BCUT2D eigenvalue weighted by molar-refractivity contribution is 0.0942. The van der Waals surface area contributed by atoms with Crippen LogP contribution in [0.5, 0.6) is 0 Å². The van der Waals surface area contributed by atoms with Crippen LogP contribution in [-0.4, -0.2) is 42.6 Å². The molecule has 2 heterocycles. The molecular weight excluding hydrogens is 314 g/mol. The lowest BCUT2D eigenvalue weighted by atomic mass is 10.1. The summed E-state index contributed by atoms with van der Waals surface area (Å²) in [6, 6.07) is 12.1. The third kappa shape index (κ3) is 3.77. The number of nitrogens with zero attached hydrogens (tertiary/aromatic N) is 2. The molecule has 0 spiro atoms. The first kappa shape index (κ1) is 17.3. The second-order valence-electron chi connectivity index (χ2n) is 6.71. The molecular formula is C20H25N3O2. The van der Waals surface area contributed by atoms with Gasteiger partial charge < -0.3 is 19.2 Å². The Morgan fingerprint density at radius 2 is 1.96 bits per heavy atom. The summed E-state index contributed by atoms with van der Waals surface area (Å²) in [5, 5.41) is 2.99. The van der Waals surface area contributed by atoms with E-state index >= 15 is 0 Å². The Morgan fingerprint density at radius 1 is 1.20 bits per heavy atom. The SMILES string of the molecule is Cc1cc2c(cc(C(=O)NCCN(C)C)n2Cc2ccccc2C)o1. The smallest absolute Gasteiger partial charge is 0.268 e. The first-order chi connectivity index (χ1) is 12.0. The zero-order valence-electron chi connectivity index (χ0n) is 15.3. The van der Waals surface area contributed by atoms with E-state index in [1.165, 1.54) is 11.1 Å². The van der Waals surface area contributed by atoms with Gasteiger partial charge in [0.15, 0.2) is 5.58 Å². The molecule has 0 radical (unpaired) electrons. The van der Waals surface area contributed by atoms with E-state index in [-0.39, 0.29) is 5.91 Å². The number of carbonyl (C=O) groups is 1. The van der Waals surface area contributed by atoms with Crippen molar-refractivity contribution in [3.8, 4) is 0 Å². The van der Waals surface area contributed by atoms with E-state index in [0.717, 1.165) is 23.4 Å². The summed E-state index contributed by atoms with van der Waals surface area (Å²) in [5.74, 6) is 0.780. The summed E-state index contributed by atoms with van der Waals surface area (Å²) in [7, 11) is 3.98. The average molecular weight is 339 g/mol. The van der Waals surface area contributed by atoms with Gasteiger partial charge >= 0.3 is 0 Å². The number of rotatable bonds is 6. The molecule has 0 bridgehead atoms. The van der Waals surface area contributed by atoms with E-state index < -0.39 is 0 Å². The van der Waals surface area contributed by atoms with E-state index in [0.29, 0.717) is 18.8 Å². The summed E-state index contributed by atoms with van der Waals surface area (Å²) in [6.07, 6.45) is 0. The Kier molecular flexibility index (Phi) is 4.95. The molecule has 3 aromatic rings. The van der Waals surface area contributed by atoms with Gasteiger partial charge in [-0.3, -0.25) is 4.79 Å². The van der Waals surface area contributed by atoms with Crippen molar-refractivity contribution in [2.24, 2.45) is 0 Å². The number of fused-ring (bicyclic) bond motifs is 1. The van der Waals surface area contributed by atoms with Crippen molar-refractivity contribution >= 4 is 17.0 Å². The second kappa shape index (κ2) is 7.15. The molecule has 0 atom stereocenters. The number of benzene rings is 1. The Bertz CT molecular complexity index is 890. The van der Waals surface area contributed by atoms with E-state index in [1.54, 1.807) is 0 Å². The highest BCUT2D eigenvalue weighted by Crippen LogP contribution is 2.25. The van der Waals surface area contributed by atoms with Gasteiger partial charge in [-0.25, -0.2) is 0 Å². The van der Waals surface area contributed by atoms with Crippen molar-refractivity contribution in [2.45, 2.75) is 20.4 Å². The predicted octanol–water partition coefficient (Wildman–Crippen LogP) is 3.19. The van der Waals surface area contributed by atoms with Gasteiger partial charge in [0.2, 0.25) is 0 Å². The monoisotopic (exact) mass is 339 g/mol. The van der Waals surface area contributed by atoms with Gasteiger partial charge in [-0.15, -0.1) is 0 Å². The molecule has 5 heteroatoms. The summed E-state index contributed by atoms with van der Waals surface area (Å²) in [4.78, 5) is 14.7. The zero-order chi connectivity index (χ0) is 18.0. The summed E-state index contributed by atoms with van der Waals surface area (Å²) >= 11 is 0. The van der Waals surface area contributed by atoms with Crippen LogP contribution in [0.1, 0.15) is 27.4 Å². The summed E-state index contributed by atoms with van der Waals surface area (Å²) in [6.45, 7) is 6.08. The van der Waals surface area contributed by atoms with E-state index in [2.05, 4.69) is 24.4 Å². The molecule has 3 rings (SSSR count). The van der Waals surface area contributed by atoms with Crippen molar-refractivity contribution in [1.82, 2.24) is 14.8 Å². The number of furan rings is 1. The minimum Gasteiger partial charge on any atom is -0.460 e. The van der Waals surface area contributed by atoms with E-state index in [4.69, 9.17) is 4.42 Å². The molecule has 0 unspecified atom stereocenters. The quantitative estimate of drug-likeness (QED) is 0.750. The number of aryl methyl sites for hydroxylation is 2. The maximum Gasteiger partial charge on any atom is 0.268 e. The summed E-state index contributed by atoms with van der Waals surface area (Å²) < 4.78 is 7.78. The molecule has 0 aliphatic carbocycles. The van der Waals surface area contributed by atoms with Gasteiger partial charge in [0.1, 0.15) is 11.5 Å². The Labute approximate surface area is 148 Å². The molecule has 5 nitrogen and oxygen atoms in total. The molecule has 1 aromatic carbocycles.